The third-order valence-corrected chi connectivity index (χ3v) is 15.0. The van der Waals surface area contributed by atoms with E-state index in [-0.39, 0.29) is 32.5 Å². The summed E-state index contributed by atoms with van der Waals surface area (Å²) >= 11 is 0. The summed E-state index contributed by atoms with van der Waals surface area (Å²) in [7, 11) is 0. The van der Waals surface area contributed by atoms with Crippen LogP contribution in [0.4, 0.5) is 0 Å². The highest BCUT2D eigenvalue weighted by molar-refractivity contribution is 5.95. The largest absolute Gasteiger partial charge is 0.0579 e. The van der Waals surface area contributed by atoms with Crippen molar-refractivity contribution in [1.29, 1.82) is 0 Å². The summed E-state index contributed by atoms with van der Waals surface area (Å²) < 4.78 is 0. The molecule has 326 valence electrons. The third kappa shape index (κ3) is 7.30. The molecule has 0 aromatic heterocycles. The van der Waals surface area contributed by atoms with Crippen molar-refractivity contribution in [2.45, 2.75) is 143 Å². The Morgan fingerprint density at radius 3 is 0.766 bits per heavy atom. The lowest BCUT2D eigenvalue weighted by Crippen LogP contribution is -2.19. The Hall–Kier alpha value is -5.46. The molecule has 0 heterocycles. The van der Waals surface area contributed by atoms with E-state index in [9.17, 15) is 0 Å². The second kappa shape index (κ2) is 14.5. The van der Waals surface area contributed by atoms with Crippen molar-refractivity contribution in [1.82, 2.24) is 0 Å². The van der Waals surface area contributed by atoms with Gasteiger partial charge in [0.15, 0.2) is 0 Å². The van der Waals surface area contributed by atoms with Crippen LogP contribution in [0.15, 0.2) is 133 Å². The van der Waals surface area contributed by atoms with E-state index in [0.29, 0.717) is 0 Å². The molecule has 7 aromatic carbocycles. The third-order valence-electron chi connectivity index (χ3n) is 15.0. The van der Waals surface area contributed by atoms with Crippen LogP contribution in [-0.4, -0.2) is 0 Å². The lowest BCUT2D eigenvalue weighted by molar-refractivity contribution is 0.579. The van der Waals surface area contributed by atoms with Gasteiger partial charge in [-0.3, -0.25) is 0 Å². The van der Waals surface area contributed by atoms with Gasteiger partial charge in [0.05, 0.1) is 0 Å². The topological polar surface area (TPSA) is 0 Å². The maximum absolute atomic E-state index is 2.50. The minimum absolute atomic E-state index is 0.0325. The Balaban J connectivity index is 1.03. The van der Waals surface area contributed by atoms with Gasteiger partial charge in [-0.1, -0.05) is 232 Å². The standard InChI is InChI=1S/C64H70/c1-59(2,3)45-29-31-49-53(35-45)63(13,14)55-37-47(61(7,8)9)33-51(57(49)55)43-25-21-41(22-26-43)39-17-19-40(20-18-39)42-23-27-44(28-24-42)52-34-48(62(10,11)12)38-56-58(52)50-32-30-46(60(4,5)6)36-54(50)64(56,15)16/h17-38H,1-16H3. The molecule has 64 heavy (non-hydrogen) atoms. The van der Waals surface area contributed by atoms with Gasteiger partial charge in [-0.2, -0.15) is 0 Å². The van der Waals surface area contributed by atoms with Crippen LogP contribution in [0.3, 0.4) is 0 Å². The van der Waals surface area contributed by atoms with E-state index in [1.807, 2.05) is 0 Å². The highest BCUT2D eigenvalue weighted by Gasteiger charge is 2.41. The Labute approximate surface area is 386 Å². The first-order chi connectivity index (χ1) is 29.7. The minimum Gasteiger partial charge on any atom is -0.0579 e. The zero-order valence-electron chi connectivity index (χ0n) is 41.7. The normalized spacial score (nSPS) is 15.1. The van der Waals surface area contributed by atoms with E-state index in [0.717, 1.165) is 0 Å². The summed E-state index contributed by atoms with van der Waals surface area (Å²) in [5, 5.41) is 0. The van der Waals surface area contributed by atoms with Gasteiger partial charge in [0.25, 0.3) is 0 Å². The SMILES string of the molecule is CC(C)(C)c1ccc2c(c1)C(C)(C)c1cc(C(C)(C)C)cc(-c3ccc(-c4ccc(-c5ccc(-c6cc(C(C)(C)C)cc7c6-c6ccc(C(C)(C)C)cc6C7(C)C)cc5)cc4)cc3)c1-2. The first-order valence-electron chi connectivity index (χ1n) is 23.7. The molecule has 0 heteroatoms. The first kappa shape index (κ1) is 43.8. The van der Waals surface area contributed by atoms with Gasteiger partial charge in [-0.15, -0.1) is 0 Å². The molecule has 9 rings (SSSR count). The van der Waals surface area contributed by atoms with Crippen LogP contribution in [0, 0.1) is 0 Å². The molecule has 7 aromatic rings. The van der Waals surface area contributed by atoms with E-state index in [1.165, 1.54) is 111 Å². The van der Waals surface area contributed by atoms with E-state index in [2.05, 4.69) is 244 Å². The molecule has 0 amide bonds. The highest BCUT2D eigenvalue weighted by atomic mass is 14.4. The number of benzene rings is 7. The van der Waals surface area contributed by atoms with Crippen molar-refractivity contribution in [3.05, 3.63) is 178 Å². The summed E-state index contributed by atoms with van der Waals surface area (Å²) in [6.45, 7) is 37.6. The van der Waals surface area contributed by atoms with Crippen LogP contribution in [-0.2, 0) is 32.5 Å². The number of hydrogen-bond donors (Lipinski definition) is 0. The smallest absolute Gasteiger partial charge is 0.0159 e. The minimum atomic E-state index is -0.0819. The lowest BCUT2D eigenvalue weighted by atomic mass is 9.76. The van der Waals surface area contributed by atoms with Crippen LogP contribution < -0.4 is 0 Å². The average molecular weight is 839 g/mol. The van der Waals surface area contributed by atoms with Gasteiger partial charge in [0.2, 0.25) is 0 Å². The fourth-order valence-electron chi connectivity index (χ4n) is 10.5. The molecule has 0 fully saturated rings. The Morgan fingerprint density at radius 1 is 0.250 bits per heavy atom. The van der Waals surface area contributed by atoms with Crippen molar-refractivity contribution >= 4 is 0 Å². The van der Waals surface area contributed by atoms with Crippen LogP contribution in [0.25, 0.3) is 66.8 Å². The summed E-state index contributed by atoms with van der Waals surface area (Å²) in [4.78, 5) is 0. The van der Waals surface area contributed by atoms with Gasteiger partial charge in [0.1, 0.15) is 0 Å². The van der Waals surface area contributed by atoms with Gasteiger partial charge in [-0.25, -0.2) is 0 Å². The molecule has 0 spiro atoms. The highest BCUT2D eigenvalue weighted by Crippen LogP contribution is 2.56. The van der Waals surface area contributed by atoms with E-state index < -0.39 is 0 Å². The molecule has 0 atom stereocenters. The molecule has 0 N–H and O–H groups in total. The Kier molecular flexibility index (Phi) is 9.93. The summed E-state index contributed by atoms with van der Waals surface area (Å²) in [6, 6.07) is 52.1. The number of rotatable bonds is 4. The van der Waals surface area contributed by atoms with Gasteiger partial charge in [0, 0.05) is 10.8 Å². The van der Waals surface area contributed by atoms with Crippen molar-refractivity contribution in [2.75, 3.05) is 0 Å². The zero-order chi connectivity index (χ0) is 46.1. The number of fused-ring (bicyclic) bond motifs is 6. The maximum Gasteiger partial charge on any atom is 0.0159 e. The van der Waals surface area contributed by atoms with E-state index in [4.69, 9.17) is 0 Å². The van der Waals surface area contributed by atoms with E-state index in [1.54, 1.807) is 0 Å². The van der Waals surface area contributed by atoms with Crippen LogP contribution in [0.1, 0.15) is 155 Å². The predicted octanol–water partition coefficient (Wildman–Crippen LogP) is 18.2. The van der Waals surface area contributed by atoms with E-state index >= 15 is 0 Å². The van der Waals surface area contributed by atoms with Gasteiger partial charge in [-0.05, 0) is 145 Å². The predicted molar refractivity (Wildman–Crippen MR) is 278 cm³/mol. The second-order valence-electron chi connectivity index (χ2n) is 24.4. The van der Waals surface area contributed by atoms with Crippen LogP contribution >= 0.6 is 0 Å². The summed E-state index contributed by atoms with van der Waals surface area (Å²) in [6.07, 6.45) is 0. The molecule has 2 aliphatic rings. The lowest BCUT2D eigenvalue weighted by Gasteiger charge is -2.27. The molecular weight excluding hydrogens is 769 g/mol. The Bertz CT molecular complexity index is 2740. The molecule has 0 aliphatic heterocycles. The molecule has 0 saturated heterocycles. The molecule has 0 radical (unpaired) electrons. The van der Waals surface area contributed by atoms with Crippen molar-refractivity contribution in [3.63, 3.8) is 0 Å². The molecule has 0 bridgehead atoms. The maximum atomic E-state index is 2.50. The van der Waals surface area contributed by atoms with Gasteiger partial charge >= 0.3 is 0 Å². The second-order valence-corrected chi connectivity index (χ2v) is 24.4. The molecule has 0 nitrogen and oxygen atoms in total. The average Bonchev–Trinajstić information content (AvgIpc) is 3.61. The zero-order valence-corrected chi connectivity index (χ0v) is 41.7. The fraction of sp³-hybridized carbons (Fsp3) is 0.344. The Morgan fingerprint density at radius 2 is 0.500 bits per heavy atom. The molecule has 2 aliphatic carbocycles. The molecule has 0 unspecified atom stereocenters. The summed E-state index contributed by atoms with van der Waals surface area (Å²) in [5.41, 5.74) is 27.1. The van der Waals surface area contributed by atoms with Crippen molar-refractivity contribution in [3.8, 4) is 66.8 Å². The monoisotopic (exact) mass is 839 g/mol. The van der Waals surface area contributed by atoms with Crippen molar-refractivity contribution < 1.29 is 0 Å². The van der Waals surface area contributed by atoms with Crippen LogP contribution in [0.5, 0.6) is 0 Å². The summed E-state index contributed by atoms with van der Waals surface area (Å²) in [5.74, 6) is 0. The number of hydrogen-bond acceptors (Lipinski definition) is 0. The molecule has 0 saturated carbocycles. The fourth-order valence-corrected chi connectivity index (χ4v) is 10.5. The quantitative estimate of drug-likeness (QED) is 0.166. The molecular formula is C64H70. The first-order valence-corrected chi connectivity index (χ1v) is 23.7. The van der Waals surface area contributed by atoms with Crippen molar-refractivity contribution in [2.24, 2.45) is 0 Å². The van der Waals surface area contributed by atoms with Gasteiger partial charge < -0.3 is 0 Å². The van der Waals surface area contributed by atoms with Crippen LogP contribution in [0.2, 0.25) is 0 Å².